The number of methoxy groups -OCH3 is 2. The second-order valence-electron chi connectivity index (χ2n) is 6.86. The van der Waals surface area contributed by atoms with Gasteiger partial charge in [-0.25, -0.2) is 8.42 Å². The van der Waals surface area contributed by atoms with Gasteiger partial charge in [-0.15, -0.1) is 0 Å². The molecule has 0 N–H and O–H groups in total. The molecule has 1 amide bonds. The molecule has 0 aliphatic carbocycles. The number of thiazole rings is 1. The second kappa shape index (κ2) is 10.8. The van der Waals surface area contributed by atoms with Crippen molar-refractivity contribution in [3.05, 3.63) is 57.3 Å². The maximum absolute atomic E-state index is 13.0. The SMILES string of the molecule is COCCN(CCOC)S(=O)(=O)c1ccc(C(=O)N=c2sc3cccc(Br)c3n2C)cc1. The van der Waals surface area contributed by atoms with Gasteiger partial charge in [0.2, 0.25) is 10.0 Å². The van der Waals surface area contributed by atoms with Crippen LogP contribution in [0.15, 0.2) is 56.8 Å². The molecule has 2 aromatic carbocycles. The first kappa shape index (κ1) is 24.7. The highest BCUT2D eigenvalue weighted by molar-refractivity contribution is 9.10. The van der Waals surface area contributed by atoms with E-state index >= 15 is 0 Å². The first-order valence-corrected chi connectivity index (χ1v) is 12.8. The smallest absolute Gasteiger partial charge is 0.279 e. The zero-order chi connectivity index (χ0) is 23.3. The molecule has 172 valence electrons. The fourth-order valence-electron chi connectivity index (χ4n) is 3.07. The summed E-state index contributed by atoms with van der Waals surface area (Å²) in [5.74, 6) is -0.442. The lowest BCUT2D eigenvalue weighted by Gasteiger charge is -2.21. The summed E-state index contributed by atoms with van der Waals surface area (Å²) >= 11 is 4.93. The number of aromatic nitrogens is 1. The Bertz CT molecular complexity index is 1260. The van der Waals surface area contributed by atoms with Crippen LogP contribution in [0.1, 0.15) is 10.4 Å². The van der Waals surface area contributed by atoms with Crippen LogP contribution in [0.2, 0.25) is 0 Å². The van der Waals surface area contributed by atoms with Crippen molar-refractivity contribution in [3.8, 4) is 0 Å². The number of aryl methyl sites for hydroxylation is 1. The van der Waals surface area contributed by atoms with E-state index in [1.807, 2.05) is 29.8 Å². The van der Waals surface area contributed by atoms with Crippen molar-refractivity contribution in [3.63, 3.8) is 0 Å². The van der Waals surface area contributed by atoms with Gasteiger partial charge in [-0.1, -0.05) is 17.4 Å². The summed E-state index contributed by atoms with van der Waals surface area (Å²) in [6.45, 7) is 0.938. The van der Waals surface area contributed by atoms with E-state index < -0.39 is 15.9 Å². The van der Waals surface area contributed by atoms with Gasteiger partial charge in [-0.2, -0.15) is 9.30 Å². The Morgan fingerprint density at radius 2 is 1.72 bits per heavy atom. The van der Waals surface area contributed by atoms with E-state index in [0.717, 1.165) is 14.7 Å². The maximum atomic E-state index is 13.0. The Morgan fingerprint density at radius 1 is 1.09 bits per heavy atom. The number of ether oxygens (including phenoxy) is 2. The summed E-state index contributed by atoms with van der Waals surface area (Å²) < 4.78 is 41.1. The lowest BCUT2D eigenvalue weighted by Crippen LogP contribution is -2.36. The summed E-state index contributed by atoms with van der Waals surface area (Å²) in [5, 5.41) is 0. The number of hydrogen-bond donors (Lipinski definition) is 0. The summed E-state index contributed by atoms with van der Waals surface area (Å²) in [6.07, 6.45) is 0. The van der Waals surface area contributed by atoms with E-state index in [1.54, 1.807) is 0 Å². The van der Waals surface area contributed by atoms with Crippen LogP contribution in [0.4, 0.5) is 0 Å². The molecule has 0 saturated heterocycles. The molecule has 8 nitrogen and oxygen atoms in total. The van der Waals surface area contributed by atoms with E-state index in [9.17, 15) is 13.2 Å². The van der Waals surface area contributed by atoms with Crippen LogP contribution in [-0.2, 0) is 26.5 Å². The Labute approximate surface area is 199 Å². The van der Waals surface area contributed by atoms with E-state index in [2.05, 4.69) is 20.9 Å². The van der Waals surface area contributed by atoms with Gasteiger partial charge in [-0.05, 0) is 52.3 Å². The first-order valence-electron chi connectivity index (χ1n) is 9.70. The summed E-state index contributed by atoms with van der Waals surface area (Å²) in [5.41, 5.74) is 1.26. The van der Waals surface area contributed by atoms with E-state index in [4.69, 9.17) is 9.47 Å². The molecule has 0 saturated carbocycles. The highest BCUT2D eigenvalue weighted by Crippen LogP contribution is 2.25. The molecule has 1 aromatic heterocycles. The lowest BCUT2D eigenvalue weighted by molar-refractivity contribution is 0.0998. The molecule has 0 aliphatic heterocycles. The standard InChI is InChI=1S/C21H24BrN3O5S2/c1-24-19-17(22)5-4-6-18(19)31-21(24)23-20(26)15-7-9-16(10-8-15)32(27,28)25(11-13-29-2)12-14-30-3/h4-10H,11-14H2,1-3H3. The fourth-order valence-corrected chi connectivity index (χ4v) is 6.29. The van der Waals surface area contributed by atoms with Crippen molar-refractivity contribution in [2.24, 2.45) is 12.0 Å². The van der Waals surface area contributed by atoms with Crippen molar-refractivity contribution in [1.82, 2.24) is 8.87 Å². The summed E-state index contributed by atoms with van der Waals surface area (Å²) in [4.78, 5) is 17.6. The van der Waals surface area contributed by atoms with Crippen LogP contribution < -0.4 is 4.80 Å². The fraction of sp³-hybridized carbons (Fsp3) is 0.333. The Morgan fingerprint density at radius 3 is 2.28 bits per heavy atom. The highest BCUT2D eigenvalue weighted by atomic mass is 79.9. The van der Waals surface area contributed by atoms with Crippen molar-refractivity contribution in [2.45, 2.75) is 4.90 Å². The molecule has 1 heterocycles. The molecular weight excluding hydrogens is 518 g/mol. The van der Waals surface area contributed by atoms with Crippen LogP contribution in [0, 0.1) is 0 Å². The molecule has 0 unspecified atom stereocenters. The molecular formula is C21H24BrN3O5S2. The molecule has 11 heteroatoms. The normalized spacial score (nSPS) is 12.7. The molecule has 0 spiro atoms. The van der Waals surface area contributed by atoms with Gasteiger partial charge in [0.05, 0.1) is 28.3 Å². The third-order valence-corrected chi connectivity index (χ3v) is 8.45. The zero-order valence-electron chi connectivity index (χ0n) is 17.9. The predicted molar refractivity (Wildman–Crippen MR) is 127 cm³/mol. The van der Waals surface area contributed by atoms with Crippen molar-refractivity contribution in [2.75, 3.05) is 40.5 Å². The molecule has 3 aromatic rings. The molecule has 0 aliphatic rings. The van der Waals surface area contributed by atoms with Gasteiger partial charge in [0, 0.05) is 44.4 Å². The average molecular weight is 542 g/mol. The van der Waals surface area contributed by atoms with Crippen LogP contribution in [-0.4, -0.2) is 63.7 Å². The maximum Gasteiger partial charge on any atom is 0.279 e. The van der Waals surface area contributed by atoms with Crippen LogP contribution in [0.25, 0.3) is 10.2 Å². The number of nitrogens with zero attached hydrogens (tertiary/aromatic N) is 3. The van der Waals surface area contributed by atoms with Crippen LogP contribution in [0.3, 0.4) is 0 Å². The number of hydrogen-bond acceptors (Lipinski definition) is 6. The minimum atomic E-state index is -3.75. The molecule has 0 fully saturated rings. The topological polar surface area (TPSA) is 90.2 Å². The molecule has 0 radical (unpaired) electrons. The quantitative estimate of drug-likeness (QED) is 0.415. The zero-order valence-corrected chi connectivity index (χ0v) is 21.2. The van der Waals surface area contributed by atoms with Gasteiger partial charge in [0.1, 0.15) is 0 Å². The highest BCUT2D eigenvalue weighted by Gasteiger charge is 2.24. The summed E-state index contributed by atoms with van der Waals surface area (Å²) in [6, 6.07) is 11.6. The van der Waals surface area contributed by atoms with Crippen LogP contribution >= 0.6 is 27.3 Å². The monoisotopic (exact) mass is 541 g/mol. The Kier molecular flexibility index (Phi) is 8.37. The van der Waals surface area contributed by atoms with Crippen LogP contribution in [0.5, 0.6) is 0 Å². The van der Waals surface area contributed by atoms with Gasteiger partial charge in [0.25, 0.3) is 5.91 Å². The number of carbonyl (C=O) groups is 1. The van der Waals surface area contributed by atoms with Crippen molar-refractivity contribution in [1.29, 1.82) is 0 Å². The minimum Gasteiger partial charge on any atom is -0.383 e. The van der Waals surface area contributed by atoms with E-state index in [1.165, 1.54) is 54.1 Å². The Hall–Kier alpha value is -1.89. The van der Waals surface area contributed by atoms with Gasteiger partial charge in [-0.3, -0.25) is 4.79 Å². The number of amides is 1. The minimum absolute atomic E-state index is 0.0950. The summed E-state index contributed by atoms with van der Waals surface area (Å²) in [7, 11) is 1.12. The predicted octanol–water partition coefficient (Wildman–Crippen LogP) is 3.03. The molecule has 0 atom stereocenters. The van der Waals surface area contributed by atoms with E-state index in [0.29, 0.717) is 10.4 Å². The van der Waals surface area contributed by atoms with Crippen molar-refractivity contribution >= 4 is 53.4 Å². The number of carbonyl (C=O) groups excluding carboxylic acids is 1. The van der Waals surface area contributed by atoms with Gasteiger partial charge >= 0.3 is 0 Å². The lowest BCUT2D eigenvalue weighted by atomic mass is 10.2. The number of halogens is 1. The number of sulfonamides is 1. The van der Waals surface area contributed by atoms with Gasteiger partial charge < -0.3 is 14.0 Å². The van der Waals surface area contributed by atoms with Crippen molar-refractivity contribution < 1.29 is 22.7 Å². The molecule has 3 rings (SSSR count). The molecule has 0 bridgehead atoms. The number of rotatable bonds is 9. The average Bonchev–Trinajstić information content (AvgIpc) is 3.10. The molecule has 32 heavy (non-hydrogen) atoms. The Balaban J connectivity index is 1.88. The van der Waals surface area contributed by atoms with Gasteiger partial charge in [0.15, 0.2) is 4.80 Å². The largest absolute Gasteiger partial charge is 0.383 e. The number of para-hydroxylation sites is 1. The number of fused-ring (bicyclic) bond motifs is 1. The van der Waals surface area contributed by atoms with E-state index in [-0.39, 0.29) is 31.2 Å². The third-order valence-electron chi connectivity index (χ3n) is 4.80. The first-order chi connectivity index (χ1) is 15.3. The second-order valence-corrected chi connectivity index (χ2v) is 10.7. The third kappa shape index (κ3) is 5.36. The number of benzene rings is 2.